The molecule has 4 aromatic carbocycles. The molecule has 2 heterocycles. The van der Waals surface area contributed by atoms with Gasteiger partial charge in [0.05, 0.1) is 0 Å². The molecule has 0 spiro atoms. The minimum absolute atomic E-state index is 0. The maximum absolute atomic E-state index is 2.57. The number of halogens is 2. The van der Waals surface area contributed by atoms with Crippen molar-refractivity contribution in [1.29, 1.82) is 0 Å². The fraction of sp³-hybridized carbons (Fsp3) is 0.0588. The average Bonchev–Trinajstić information content (AvgIpc) is 3.72. The van der Waals surface area contributed by atoms with Gasteiger partial charge in [0.15, 0.2) is 0 Å². The van der Waals surface area contributed by atoms with Crippen LogP contribution in [0.5, 0.6) is 0 Å². The molecule has 8 rings (SSSR count). The van der Waals surface area contributed by atoms with Crippen LogP contribution in [0.2, 0.25) is 0 Å². The van der Waals surface area contributed by atoms with E-state index >= 15 is 0 Å². The van der Waals surface area contributed by atoms with Crippen molar-refractivity contribution < 1.29 is 48.0 Å². The third-order valence-corrected chi connectivity index (χ3v) is 18.4. The minimum atomic E-state index is -0.973. The molecule has 0 amide bonds. The van der Waals surface area contributed by atoms with Crippen molar-refractivity contribution in [2.75, 3.05) is 0 Å². The van der Waals surface area contributed by atoms with E-state index in [-0.39, 0.29) is 24.8 Å². The van der Waals surface area contributed by atoms with Gasteiger partial charge in [-0.1, -0.05) is 0 Å². The molecular formula is C34H24Cl2P2Zr. The van der Waals surface area contributed by atoms with Crippen molar-refractivity contribution in [1.82, 2.24) is 0 Å². The third kappa shape index (κ3) is 4.49. The van der Waals surface area contributed by atoms with Crippen LogP contribution in [0.25, 0.3) is 43.8 Å². The summed E-state index contributed by atoms with van der Waals surface area (Å²) in [6.45, 7) is 0. The zero-order valence-electron chi connectivity index (χ0n) is 21.0. The summed E-state index contributed by atoms with van der Waals surface area (Å²) >= 11 is -0.973. The van der Waals surface area contributed by atoms with E-state index < -0.39 is 38.3 Å². The third-order valence-electron chi connectivity index (χ3n) is 7.90. The number of hydrogen-bond donors (Lipinski definition) is 0. The number of fused-ring (bicyclic) bond motifs is 4. The molecule has 39 heavy (non-hydrogen) atoms. The van der Waals surface area contributed by atoms with Crippen molar-refractivity contribution in [3.63, 3.8) is 0 Å². The molecular weight excluding hydrogens is 632 g/mol. The van der Waals surface area contributed by atoms with Crippen LogP contribution in [-0.2, 0) is 23.2 Å². The van der Waals surface area contributed by atoms with Crippen molar-refractivity contribution in [2.45, 2.75) is 7.25 Å². The number of benzene rings is 4. The second-order valence-corrected chi connectivity index (χ2v) is 17.6. The fourth-order valence-corrected chi connectivity index (χ4v) is 17.9. The van der Waals surface area contributed by atoms with Crippen molar-refractivity contribution in [3.8, 4) is 0 Å². The van der Waals surface area contributed by atoms with Gasteiger partial charge in [-0.3, -0.25) is 0 Å². The predicted molar refractivity (Wildman–Crippen MR) is 160 cm³/mol. The van der Waals surface area contributed by atoms with Gasteiger partial charge in [0.25, 0.3) is 0 Å². The first-order valence-corrected chi connectivity index (χ1v) is 18.5. The largest absolute Gasteiger partial charge is 1.00 e. The molecule has 0 aliphatic heterocycles. The van der Waals surface area contributed by atoms with E-state index in [1.165, 1.54) is 21.9 Å². The molecule has 2 aliphatic rings. The molecule has 2 aliphatic carbocycles. The summed E-state index contributed by atoms with van der Waals surface area (Å²) in [7, 11) is -0.814. The van der Waals surface area contributed by atoms with Crippen LogP contribution in [0, 0.1) is 0 Å². The summed E-state index contributed by atoms with van der Waals surface area (Å²) in [5.74, 6) is 5.03. The standard InChI is InChI=1S/2C17H12P.2ClH.Zr/c2*1-2-7-15-12-16(11-14(15)6-1)18-10-9-13-5-3-4-8-17(13)18;;;/h2*1-12H;2*1H;/q;;;;+2/p-2. The van der Waals surface area contributed by atoms with Gasteiger partial charge in [0.2, 0.25) is 0 Å². The minimum Gasteiger partial charge on any atom is -1.00 e. The number of rotatable bonds is 4. The average molecular weight is 657 g/mol. The van der Waals surface area contributed by atoms with Gasteiger partial charge in [-0.2, -0.15) is 0 Å². The SMILES string of the molecule is C1=C(p2ccc3ccccc32)[CH]([Zr+2][CH]2C(p3ccc4ccccc43)=Cc3ccccc32)c2ccccc21.[Cl-].[Cl-]. The smallest absolute Gasteiger partial charge is 1.00 e. The molecule has 0 saturated carbocycles. The van der Waals surface area contributed by atoms with E-state index in [1.807, 2.05) is 0 Å². The molecule has 0 radical (unpaired) electrons. The summed E-state index contributed by atoms with van der Waals surface area (Å²) in [6, 6.07) is 41.3. The first-order chi connectivity index (χ1) is 18.3. The Balaban J connectivity index is 0.00000138. The van der Waals surface area contributed by atoms with Gasteiger partial charge in [-0.15, -0.1) is 0 Å². The van der Waals surface area contributed by atoms with Crippen LogP contribution in [-0.4, -0.2) is 0 Å². The van der Waals surface area contributed by atoms with Crippen LogP contribution in [0.3, 0.4) is 0 Å². The summed E-state index contributed by atoms with van der Waals surface area (Å²) in [6.07, 6.45) is 5.14. The van der Waals surface area contributed by atoms with Crippen LogP contribution < -0.4 is 24.8 Å². The fourth-order valence-electron chi connectivity index (χ4n) is 6.16. The Kier molecular flexibility index (Phi) is 7.68. The first kappa shape index (κ1) is 27.1. The number of hydrogen-bond acceptors (Lipinski definition) is 0. The van der Waals surface area contributed by atoms with Gasteiger partial charge in [0.1, 0.15) is 0 Å². The summed E-state index contributed by atoms with van der Waals surface area (Å²) in [5.41, 5.74) is 6.08. The summed E-state index contributed by atoms with van der Waals surface area (Å²) in [5, 5.41) is 9.31. The van der Waals surface area contributed by atoms with Gasteiger partial charge < -0.3 is 24.8 Å². The summed E-state index contributed by atoms with van der Waals surface area (Å²) < 4.78 is 1.22. The van der Waals surface area contributed by atoms with Gasteiger partial charge >= 0.3 is 232 Å². The molecule has 0 saturated heterocycles. The maximum Gasteiger partial charge on any atom is -1.00 e. The normalized spacial score (nSPS) is 17.9. The van der Waals surface area contributed by atoms with Crippen molar-refractivity contribution in [2.24, 2.45) is 0 Å². The van der Waals surface area contributed by atoms with E-state index in [0.717, 1.165) is 0 Å². The first-order valence-electron chi connectivity index (χ1n) is 12.9. The topological polar surface area (TPSA) is 0 Å². The molecule has 0 fully saturated rings. The second kappa shape index (κ2) is 11.1. The van der Waals surface area contributed by atoms with E-state index in [4.69, 9.17) is 0 Å². The Morgan fingerprint density at radius 2 is 0.872 bits per heavy atom. The van der Waals surface area contributed by atoms with Gasteiger partial charge in [-0.25, -0.2) is 0 Å². The summed E-state index contributed by atoms with van der Waals surface area (Å²) in [4.78, 5) is 0. The Morgan fingerprint density at radius 1 is 0.462 bits per heavy atom. The molecule has 0 bridgehead atoms. The molecule has 188 valence electrons. The monoisotopic (exact) mass is 654 g/mol. The molecule has 4 unspecified atom stereocenters. The number of allylic oxidation sites excluding steroid dienone is 2. The van der Waals surface area contributed by atoms with E-state index in [2.05, 4.69) is 133 Å². The molecule has 0 nitrogen and oxygen atoms in total. The zero-order valence-corrected chi connectivity index (χ0v) is 26.8. The van der Waals surface area contributed by atoms with E-state index in [1.54, 1.807) is 32.0 Å². The zero-order chi connectivity index (χ0) is 24.3. The second-order valence-electron chi connectivity index (χ2n) is 9.92. The van der Waals surface area contributed by atoms with Crippen molar-refractivity contribution in [3.05, 3.63) is 143 Å². The molecule has 2 aromatic heterocycles. The van der Waals surface area contributed by atoms with Gasteiger partial charge in [0, 0.05) is 0 Å². The van der Waals surface area contributed by atoms with Crippen LogP contribution in [0.1, 0.15) is 29.5 Å². The molecule has 6 aromatic rings. The molecule has 0 N–H and O–H groups in total. The predicted octanol–water partition coefficient (Wildman–Crippen LogP) is 4.86. The Bertz CT molecular complexity index is 1760. The quantitative estimate of drug-likeness (QED) is 0.255. The Morgan fingerprint density at radius 3 is 1.36 bits per heavy atom. The van der Waals surface area contributed by atoms with E-state index in [9.17, 15) is 0 Å². The Hall–Kier alpha value is -2.10. The van der Waals surface area contributed by atoms with Crippen molar-refractivity contribution >= 4 is 58.9 Å². The van der Waals surface area contributed by atoms with Crippen LogP contribution in [0.15, 0.2) is 121 Å². The van der Waals surface area contributed by atoms with Crippen LogP contribution in [0.4, 0.5) is 0 Å². The Labute approximate surface area is 255 Å². The van der Waals surface area contributed by atoms with Crippen LogP contribution >= 0.6 is 15.1 Å². The maximum atomic E-state index is 2.57. The molecule has 4 atom stereocenters. The molecule has 5 heteroatoms. The van der Waals surface area contributed by atoms with Gasteiger partial charge in [-0.05, 0) is 0 Å². The van der Waals surface area contributed by atoms with E-state index in [0.29, 0.717) is 7.25 Å².